The topological polar surface area (TPSA) is 72.2 Å². The Kier molecular flexibility index (Phi) is 4.36. The van der Waals surface area contributed by atoms with Crippen molar-refractivity contribution in [3.8, 4) is 0 Å². The van der Waals surface area contributed by atoms with E-state index in [1.54, 1.807) is 19.1 Å². The minimum absolute atomic E-state index is 0.205. The Morgan fingerprint density at radius 1 is 1.33 bits per heavy atom. The molecule has 0 radical (unpaired) electrons. The summed E-state index contributed by atoms with van der Waals surface area (Å²) < 4.78 is 23.2. The number of hydrogen-bond donors (Lipinski definition) is 2. The quantitative estimate of drug-likeness (QED) is 0.900. The average Bonchev–Trinajstić information content (AvgIpc) is 2.33. The van der Waals surface area contributed by atoms with Gasteiger partial charge in [-0.05, 0) is 55.2 Å². The molecule has 3 N–H and O–H groups in total. The highest BCUT2D eigenvalue weighted by Gasteiger charge is 2.32. The van der Waals surface area contributed by atoms with E-state index >= 15 is 0 Å². The molecule has 1 aromatic carbocycles. The van der Waals surface area contributed by atoms with Gasteiger partial charge in [0.25, 0.3) is 0 Å². The van der Waals surface area contributed by atoms with Crippen molar-refractivity contribution in [2.45, 2.75) is 57.9 Å². The third kappa shape index (κ3) is 3.98. The van der Waals surface area contributed by atoms with E-state index in [1.807, 2.05) is 6.07 Å². The molecule has 1 aliphatic carbocycles. The average molecular weight is 310 g/mol. The van der Waals surface area contributed by atoms with Crippen LogP contribution in [0.5, 0.6) is 0 Å². The maximum absolute atomic E-state index is 11.6. The van der Waals surface area contributed by atoms with Crippen molar-refractivity contribution in [1.29, 1.82) is 0 Å². The van der Waals surface area contributed by atoms with Crippen LogP contribution in [0.15, 0.2) is 23.1 Å². The summed E-state index contributed by atoms with van der Waals surface area (Å²) in [5, 5.41) is 8.76. The van der Waals surface area contributed by atoms with Crippen molar-refractivity contribution in [3.63, 3.8) is 0 Å². The molecule has 1 saturated carbocycles. The van der Waals surface area contributed by atoms with Crippen LogP contribution in [0, 0.1) is 18.3 Å². The van der Waals surface area contributed by atoms with Crippen LogP contribution in [-0.4, -0.2) is 14.5 Å². The van der Waals surface area contributed by atoms with Gasteiger partial charge in [-0.2, -0.15) is 0 Å². The molecule has 2 unspecified atom stereocenters. The summed E-state index contributed by atoms with van der Waals surface area (Å²) in [7, 11) is -3.67. The number of benzene rings is 1. The van der Waals surface area contributed by atoms with E-state index in [0.29, 0.717) is 22.9 Å². The van der Waals surface area contributed by atoms with Crippen LogP contribution < -0.4 is 10.5 Å². The second-order valence-corrected chi connectivity index (χ2v) is 8.69. The fourth-order valence-corrected chi connectivity index (χ4v) is 4.18. The molecule has 0 saturated heterocycles. The van der Waals surface area contributed by atoms with Crippen LogP contribution in [0.2, 0.25) is 0 Å². The molecule has 118 valence electrons. The van der Waals surface area contributed by atoms with Crippen molar-refractivity contribution in [2.75, 3.05) is 5.32 Å². The molecule has 4 nitrogen and oxygen atoms in total. The van der Waals surface area contributed by atoms with Crippen LogP contribution in [0.4, 0.5) is 5.69 Å². The Hall–Kier alpha value is -1.07. The minimum Gasteiger partial charge on any atom is -0.382 e. The summed E-state index contributed by atoms with van der Waals surface area (Å²) in [6.07, 6.45) is 3.47. The lowest BCUT2D eigenvalue weighted by atomic mass is 9.70. The van der Waals surface area contributed by atoms with Gasteiger partial charge < -0.3 is 5.32 Å². The van der Waals surface area contributed by atoms with Crippen LogP contribution in [-0.2, 0) is 10.0 Å². The van der Waals surface area contributed by atoms with Crippen LogP contribution in [0.1, 0.15) is 45.6 Å². The van der Waals surface area contributed by atoms with Crippen molar-refractivity contribution in [1.82, 2.24) is 0 Å². The zero-order chi connectivity index (χ0) is 15.8. The zero-order valence-electron chi connectivity index (χ0n) is 13.3. The number of aryl methyl sites for hydroxylation is 1. The van der Waals surface area contributed by atoms with E-state index in [9.17, 15) is 8.42 Å². The van der Waals surface area contributed by atoms with Gasteiger partial charge in [0.2, 0.25) is 10.0 Å². The molecule has 1 aliphatic rings. The first-order valence-electron chi connectivity index (χ1n) is 7.48. The predicted octanol–water partition coefficient (Wildman–Crippen LogP) is 3.27. The Bertz CT molecular complexity index is 623. The zero-order valence-corrected chi connectivity index (χ0v) is 14.1. The fourth-order valence-electron chi connectivity index (χ4n) is 3.37. The van der Waals surface area contributed by atoms with E-state index in [-0.39, 0.29) is 4.90 Å². The summed E-state index contributed by atoms with van der Waals surface area (Å²) in [6, 6.07) is 5.77. The van der Waals surface area contributed by atoms with Crippen molar-refractivity contribution < 1.29 is 8.42 Å². The maximum atomic E-state index is 11.6. The van der Waals surface area contributed by atoms with Gasteiger partial charge in [-0.3, -0.25) is 0 Å². The van der Waals surface area contributed by atoms with Gasteiger partial charge in [-0.1, -0.05) is 26.8 Å². The second-order valence-electron chi connectivity index (χ2n) is 7.16. The summed E-state index contributed by atoms with van der Waals surface area (Å²) in [5.41, 5.74) is 1.92. The highest BCUT2D eigenvalue weighted by molar-refractivity contribution is 7.89. The number of primary sulfonamides is 1. The standard InChI is InChI=1S/C16H26N2O2S/c1-11-5-6-13(9-15(11)21(17,19)20)18-14-7-8-16(3,4)10-12(14)2/h5-6,9,12,14,18H,7-8,10H2,1-4H3,(H2,17,19,20). The third-order valence-corrected chi connectivity index (χ3v) is 5.59. The minimum atomic E-state index is -3.67. The van der Waals surface area contributed by atoms with Crippen LogP contribution in [0.3, 0.4) is 0 Å². The lowest BCUT2D eigenvalue weighted by molar-refractivity contribution is 0.177. The first-order chi connectivity index (χ1) is 9.58. The molecular weight excluding hydrogens is 284 g/mol. The van der Waals surface area contributed by atoms with Gasteiger partial charge in [-0.25, -0.2) is 13.6 Å². The number of rotatable bonds is 3. The van der Waals surface area contributed by atoms with Gasteiger partial charge in [0.15, 0.2) is 0 Å². The number of nitrogens with one attached hydrogen (secondary N) is 1. The predicted molar refractivity (Wildman–Crippen MR) is 86.8 cm³/mol. The van der Waals surface area contributed by atoms with E-state index in [4.69, 9.17) is 5.14 Å². The largest absolute Gasteiger partial charge is 0.382 e. The summed E-state index contributed by atoms with van der Waals surface area (Å²) in [4.78, 5) is 0.205. The van der Waals surface area contributed by atoms with E-state index < -0.39 is 10.0 Å². The van der Waals surface area contributed by atoms with Gasteiger partial charge in [0, 0.05) is 11.7 Å². The molecule has 0 bridgehead atoms. The van der Waals surface area contributed by atoms with Crippen molar-refractivity contribution >= 4 is 15.7 Å². The molecule has 21 heavy (non-hydrogen) atoms. The molecule has 2 rings (SSSR count). The highest BCUT2D eigenvalue weighted by atomic mass is 32.2. The smallest absolute Gasteiger partial charge is 0.238 e. The van der Waals surface area contributed by atoms with Gasteiger partial charge >= 0.3 is 0 Å². The first kappa shape index (κ1) is 16.3. The molecule has 1 aromatic rings. The number of anilines is 1. The molecule has 0 spiro atoms. The molecular formula is C16H26N2O2S. The van der Waals surface area contributed by atoms with Gasteiger partial charge in [0.05, 0.1) is 4.90 Å². The Morgan fingerprint density at radius 3 is 2.57 bits per heavy atom. The first-order valence-corrected chi connectivity index (χ1v) is 9.03. The van der Waals surface area contributed by atoms with Crippen molar-refractivity contribution in [2.24, 2.45) is 16.5 Å². The van der Waals surface area contributed by atoms with Crippen LogP contribution in [0.25, 0.3) is 0 Å². The fraction of sp³-hybridized carbons (Fsp3) is 0.625. The maximum Gasteiger partial charge on any atom is 0.238 e. The lowest BCUT2D eigenvalue weighted by Crippen LogP contribution is -2.36. The number of nitrogens with two attached hydrogens (primary N) is 1. The van der Waals surface area contributed by atoms with Gasteiger partial charge in [0.1, 0.15) is 0 Å². The van der Waals surface area contributed by atoms with Gasteiger partial charge in [-0.15, -0.1) is 0 Å². The second kappa shape index (κ2) is 5.61. The Balaban J connectivity index is 2.18. The monoisotopic (exact) mass is 310 g/mol. The number of sulfonamides is 1. The molecule has 2 atom stereocenters. The SMILES string of the molecule is Cc1ccc(NC2CCC(C)(C)CC2C)cc1S(N)(=O)=O. The Morgan fingerprint density at radius 2 is 2.00 bits per heavy atom. The normalized spacial score (nSPS) is 25.6. The highest BCUT2D eigenvalue weighted by Crippen LogP contribution is 2.39. The summed E-state index contributed by atoms with van der Waals surface area (Å²) >= 11 is 0. The molecule has 0 amide bonds. The third-order valence-electron chi connectivity index (χ3n) is 4.54. The molecule has 1 fully saturated rings. The van der Waals surface area contributed by atoms with Crippen molar-refractivity contribution in [3.05, 3.63) is 23.8 Å². The number of hydrogen-bond acceptors (Lipinski definition) is 3. The molecule has 0 aromatic heterocycles. The van der Waals surface area contributed by atoms with E-state index in [2.05, 4.69) is 26.1 Å². The van der Waals surface area contributed by atoms with Crippen LogP contribution >= 0.6 is 0 Å². The van der Waals surface area contributed by atoms with E-state index in [1.165, 1.54) is 12.8 Å². The lowest BCUT2D eigenvalue weighted by Gasteiger charge is -2.40. The molecule has 5 heteroatoms. The molecule has 0 heterocycles. The molecule has 0 aliphatic heterocycles. The summed E-state index contributed by atoms with van der Waals surface area (Å²) in [5.74, 6) is 0.563. The van der Waals surface area contributed by atoms with E-state index in [0.717, 1.165) is 12.1 Å². The summed E-state index contributed by atoms with van der Waals surface area (Å²) in [6.45, 7) is 8.64. The Labute approximate surface area is 128 Å².